The van der Waals surface area contributed by atoms with Gasteiger partial charge in [0, 0.05) is 22.3 Å². The van der Waals surface area contributed by atoms with Crippen LogP contribution in [0, 0.1) is 18.6 Å². The van der Waals surface area contributed by atoms with E-state index in [0.717, 1.165) is 4.70 Å². The number of benzene rings is 2. The molecule has 5 heteroatoms. The van der Waals surface area contributed by atoms with Crippen LogP contribution in [0.1, 0.15) is 22.2 Å². The summed E-state index contributed by atoms with van der Waals surface area (Å²) in [7, 11) is 0. The molecule has 118 valence electrons. The molecule has 0 radical (unpaired) electrons. The Balaban J connectivity index is 2.06. The molecule has 0 saturated carbocycles. The molecule has 3 rings (SSSR count). The Kier molecular flexibility index (Phi) is 4.13. The zero-order valence-corrected chi connectivity index (χ0v) is 13.6. The average Bonchev–Trinajstić information content (AvgIpc) is 2.88. The Bertz CT molecular complexity index is 871. The van der Waals surface area contributed by atoms with E-state index in [1.54, 1.807) is 36.1 Å². The first-order valence-corrected chi connectivity index (χ1v) is 8.09. The minimum atomic E-state index is -0.350. The molecular weight excluding hydrogens is 316 g/mol. The molecule has 0 saturated heterocycles. The molecule has 1 amide bonds. The van der Waals surface area contributed by atoms with E-state index in [1.807, 2.05) is 6.92 Å². The number of thiophene rings is 1. The summed E-state index contributed by atoms with van der Waals surface area (Å²) in [5, 5.41) is 0.496. The lowest BCUT2D eigenvalue weighted by molar-refractivity contribution is 0.0991. The minimum Gasteiger partial charge on any atom is -0.308 e. The molecule has 1 aromatic heterocycles. The Morgan fingerprint density at radius 1 is 1.13 bits per heavy atom. The summed E-state index contributed by atoms with van der Waals surface area (Å²) >= 11 is 1.28. The van der Waals surface area contributed by atoms with E-state index in [-0.39, 0.29) is 17.5 Å². The van der Waals surface area contributed by atoms with Crippen LogP contribution in [0.2, 0.25) is 0 Å². The van der Waals surface area contributed by atoms with Crippen LogP contribution in [-0.4, -0.2) is 12.5 Å². The molecule has 23 heavy (non-hydrogen) atoms. The summed E-state index contributed by atoms with van der Waals surface area (Å²) in [6.45, 7) is 4.05. The number of carbonyl (C=O) groups excluding carboxylic acids is 1. The summed E-state index contributed by atoms with van der Waals surface area (Å²) in [4.78, 5) is 15.0. The molecule has 2 aromatic carbocycles. The Hall–Kier alpha value is -2.27. The molecule has 3 aromatic rings. The molecule has 0 N–H and O–H groups in total. The third kappa shape index (κ3) is 2.72. The van der Waals surface area contributed by atoms with Crippen LogP contribution in [0.4, 0.5) is 14.5 Å². The number of nitrogens with zero attached hydrogens (tertiary/aromatic N) is 1. The lowest BCUT2D eigenvalue weighted by atomic mass is 10.1. The number of anilines is 1. The first-order chi connectivity index (χ1) is 11.0. The number of carbonyl (C=O) groups is 1. The van der Waals surface area contributed by atoms with Crippen molar-refractivity contribution in [2.75, 3.05) is 11.4 Å². The van der Waals surface area contributed by atoms with Gasteiger partial charge in [0.2, 0.25) is 0 Å². The van der Waals surface area contributed by atoms with E-state index in [0.29, 0.717) is 28.1 Å². The van der Waals surface area contributed by atoms with Gasteiger partial charge in [-0.15, -0.1) is 11.3 Å². The Morgan fingerprint density at radius 3 is 2.43 bits per heavy atom. The molecule has 0 unspecified atom stereocenters. The van der Waals surface area contributed by atoms with Gasteiger partial charge < -0.3 is 4.90 Å². The van der Waals surface area contributed by atoms with Crippen LogP contribution in [0.5, 0.6) is 0 Å². The normalized spacial score (nSPS) is 11.0. The van der Waals surface area contributed by atoms with Gasteiger partial charge in [0.15, 0.2) is 0 Å². The van der Waals surface area contributed by atoms with Gasteiger partial charge in [-0.1, -0.05) is 6.07 Å². The van der Waals surface area contributed by atoms with Crippen LogP contribution >= 0.6 is 11.3 Å². The second-order valence-corrected chi connectivity index (χ2v) is 6.25. The van der Waals surface area contributed by atoms with Gasteiger partial charge in [0.1, 0.15) is 11.6 Å². The molecule has 1 heterocycles. The summed E-state index contributed by atoms with van der Waals surface area (Å²) in [5.74, 6) is -0.866. The van der Waals surface area contributed by atoms with Crippen molar-refractivity contribution in [2.45, 2.75) is 13.8 Å². The highest BCUT2D eigenvalue weighted by molar-refractivity contribution is 7.21. The molecular formula is C18H15F2NOS. The lowest BCUT2D eigenvalue weighted by Crippen LogP contribution is -2.30. The predicted molar refractivity (Wildman–Crippen MR) is 90.3 cm³/mol. The molecule has 0 fully saturated rings. The summed E-state index contributed by atoms with van der Waals surface area (Å²) < 4.78 is 27.8. The van der Waals surface area contributed by atoms with Crippen LogP contribution < -0.4 is 4.90 Å². The molecule has 0 aliphatic heterocycles. The molecule has 2 nitrogen and oxygen atoms in total. The molecule has 0 atom stereocenters. The van der Waals surface area contributed by atoms with Crippen LogP contribution in [0.25, 0.3) is 10.1 Å². The minimum absolute atomic E-state index is 0.197. The standard InChI is InChI=1S/C18H15F2NOS/c1-3-21(13-9-7-12(19)8-10-13)18(22)17-11(2)16-14(20)5-4-6-15(16)23-17/h4-10H,3H2,1-2H3. The Morgan fingerprint density at radius 2 is 1.83 bits per heavy atom. The van der Waals surface area contributed by atoms with Crippen molar-refractivity contribution < 1.29 is 13.6 Å². The summed E-state index contributed by atoms with van der Waals surface area (Å²) in [6.07, 6.45) is 0. The number of aryl methyl sites for hydroxylation is 1. The number of amides is 1. The quantitative estimate of drug-likeness (QED) is 0.649. The lowest BCUT2D eigenvalue weighted by Gasteiger charge is -2.20. The fraction of sp³-hybridized carbons (Fsp3) is 0.167. The molecule has 0 spiro atoms. The largest absolute Gasteiger partial charge is 0.308 e. The molecule has 0 aliphatic rings. The van der Waals surface area contributed by atoms with Crippen LogP contribution in [0.3, 0.4) is 0 Å². The maximum atomic E-state index is 14.0. The maximum Gasteiger partial charge on any atom is 0.268 e. The first kappa shape index (κ1) is 15.6. The molecule has 0 aliphatic carbocycles. The van der Waals surface area contributed by atoms with E-state index in [9.17, 15) is 13.6 Å². The number of rotatable bonds is 3. The number of hydrogen-bond donors (Lipinski definition) is 0. The third-order valence-corrected chi connectivity index (χ3v) is 5.04. The molecule has 0 bridgehead atoms. The van der Waals surface area contributed by atoms with Crippen LogP contribution in [0.15, 0.2) is 42.5 Å². The van der Waals surface area contributed by atoms with Gasteiger partial charge >= 0.3 is 0 Å². The monoisotopic (exact) mass is 331 g/mol. The van der Waals surface area contributed by atoms with Crippen molar-refractivity contribution in [3.63, 3.8) is 0 Å². The van der Waals surface area contributed by atoms with Gasteiger partial charge in [0.05, 0.1) is 4.88 Å². The SMILES string of the molecule is CCN(C(=O)c1sc2cccc(F)c2c1C)c1ccc(F)cc1. The van der Waals surface area contributed by atoms with E-state index in [1.165, 1.54) is 29.5 Å². The zero-order chi connectivity index (χ0) is 16.6. The van der Waals surface area contributed by atoms with Crippen molar-refractivity contribution in [3.8, 4) is 0 Å². The first-order valence-electron chi connectivity index (χ1n) is 7.28. The Labute approximate surface area is 137 Å². The van der Waals surface area contributed by atoms with Crippen molar-refractivity contribution in [2.24, 2.45) is 0 Å². The highest BCUT2D eigenvalue weighted by Crippen LogP contribution is 2.34. The second kappa shape index (κ2) is 6.08. The topological polar surface area (TPSA) is 20.3 Å². The zero-order valence-electron chi connectivity index (χ0n) is 12.8. The number of fused-ring (bicyclic) bond motifs is 1. The number of hydrogen-bond acceptors (Lipinski definition) is 2. The smallest absolute Gasteiger partial charge is 0.268 e. The van der Waals surface area contributed by atoms with E-state index in [4.69, 9.17) is 0 Å². The van der Waals surface area contributed by atoms with Crippen LogP contribution in [-0.2, 0) is 0 Å². The maximum absolute atomic E-state index is 14.0. The fourth-order valence-corrected chi connectivity index (χ4v) is 3.82. The van der Waals surface area contributed by atoms with Crippen molar-refractivity contribution in [1.82, 2.24) is 0 Å². The van der Waals surface area contributed by atoms with E-state index in [2.05, 4.69) is 0 Å². The summed E-state index contributed by atoms with van der Waals surface area (Å²) in [6, 6.07) is 10.6. The van der Waals surface area contributed by atoms with Crippen molar-refractivity contribution in [1.29, 1.82) is 0 Å². The predicted octanol–water partition coefficient (Wildman–Crippen LogP) is 5.15. The van der Waals surface area contributed by atoms with Gasteiger partial charge in [-0.05, 0) is 55.8 Å². The van der Waals surface area contributed by atoms with Gasteiger partial charge in [-0.3, -0.25) is 4.79 Å². The van der Waals surface area contributed by atoms with E-state index < -0.39 is 0 Å². The highest BCUT2D eigenvalue weighted by Gasteiger charge is 2.22. The second-order valence-electron chi connectivity index (χ2n) is 5.19. The van der Waals surface area contributed by atoms with Gasteiger partial charge in [-0.2, -0.15) is 0 Å². The summed E-state index contributed by atoms with van der Waals surface area (Å²) in [5.41, 5.74) is 1.27. The van der Waals surface area contributed by atoms with Crippen molar-refractivity contribution >= 4 is 33.0 Å². The number of halogens is 2. The third-order valence-electron chi connectivity index (χ3n) is 3.80. The van der Waals surface area contributed by atoms with Gasteiger partial charge in [-0.25, -0.2) is 8.78 Å². The highest BCUT2D eigenvalue weighted by atomic mass is 32.1. The van der Waals surface area contributed by atoms with Crippen molar-refractivity contribution in [3.05, 3.63) is 64.5 Å². The average molecular weight is 331 g/mol. The van der Waals surface area contributed by atoms with E-state index >= 15 is 0 Å². The van der Waals surface area contributed by atoms with Gasteiger partial charge in [0.25, 0.3) is 5.91 Å². The fourth-order valence-electron chi connectivity index (χ4n) is 2.64.